The first kappa shape index (κ1) is 20.4. The number of sulfonamides is 1. The summed E-state index contributed by atoms with van der Waals surface area (Å²) < 4.78 is 32.2. The Balaban J connectivity index is 1.76. The van der Waals surface area contributed by atoms with Gasteiger partial charge in [-0.2, -0.15) is 0 Å². The number of nitrogens with zero attached hydrogens (tertiary/aromatic N) is 2. The Morgan fingerprint density at radius 1 is 1.03 bits per heavy atom. The highest BCUT2D eigenvalue weighted by molar-refractivity contribution is 7.90. The molecule has 2 amide bonds. The van der Waals surface area contributed by atoms with Crippen LogP contribution in [0.3, 0.4) is 0 Å². The van der Waals surface area contributed by atoms with Gasteiger partial charge in [0.2, 0.25) is 0 Å². The fourth-order valence-corrected chi connectivity index (χ4v) is 3.70. The summed E-state index contributed by atoms with van der Waals surface area (Å²) in [6.07, 6.45) is 2.61. The smallest absolute Gasteiger partial charge is 0.269 e. The molecule has 0 fully saturated rings. The maximum absolute atomic E-state index is 12.7. The van der Waals surface area contributed by atoms with E-state index in [1.165, 1.54) is 31.5 Å². The fourth-order valence-electron chi connectivity index (χ4n) is 2.55. The van der Waals surface area contributed by atoms with E-state index in [0.717, 1.165) is 6.20 Å². The van der Waals surface area contributed by atoms with Crippen LogP contribution in [0.15, 0.2) is 59.8 Å². The van der Waals surface area contributed by atoms with Crippen LogP contribution in [0.1, 0.15) is 20.8 Å². The number of carbonyl (C=O) groups is 2. The van der Waals surface area contributed by atoms with E-state index in [0.29, 0.717) is 18.5 Å². The van der Waals surface area contributed by atoms with Crippen molar-refractivity contribution >= 4 is 32.7 Å². The minimum Gasteiger partial charge on any atom is -0.383 e. The van der Waals surface area contributed by atoms with Crippen molar-refractivity contribution in [3.05, 3.63) is 66.1 Å². The van der Waals surface area contributed by atoms with E-state index in [9.17, 15) is 18.0 Å². The lowest BCUT2D eigenvalue weighted by Gasteiger charge is -2.09. The summed E-state index contributed by atoms with van der Waals surface area (Å²) in [5.74, 6) is -1.29. The van der Waals surface area contributed by atoms with Crippen LogP contribution in [0.25, 0.3) is 10.9 Å². The maximum Gasteiger partial charge on any atom is 0.269 e. The monoisotopic (exact) mass is 414 g/mol. The minimum atomic E-state index is -4.16. The summed E-state index contributed by atoms with van der Waals surface area (Å²) in [5, 5.41) is 3.23. The molecule has 2 heterocycles. The van der Waals surface area contributed by atoms with Gasteiger partial charge >= 0.3 is 0 Å². The number of ether oxygens (including phenoxy) is 1. The van der Waals surface area contributed by atoms with E-state index >= 15 is 0 Å². The van der Waals surface area contributed by atoms with Crippen LogP contribution in [0.4, 0.5) is 0 Å². The molecule has 3 aromatic rings. The van der Waals surface area contributed by atoms with Gasteiger partial charge in [0.25, 0.3) is 21.8 Å². The zero-order chi connectivity index (χ0) is 20.9. The molecule has 0 saturated carbocycles. The van der Waals surface area contributed by atoms with Crippen LogP contribution in [0.5, 0.6) is 0 Å². The predicted molar refractivity (Wildman–Crippen MR) is 105 cm³/mol. The molecule has 9 nitrogen and oxygen atoms in total. The SMILES string of the molecule is COCCNC(=O)c1ccc(C(=O)NS(=O)(=O)c2cccc3cccnc23)cn1. The van der Waals surface area contributed by atoms with Gasteiger partial charge in [-0.05, 0) is 24.3 Å². The van der Waals surface area contributed by atoms with Gasteiger partial charge in [-0.1, -0.05) is 18.2 Å². The second kappa shape index (κ2) is 8.76. The van der Waals surface area contributed by atoms with Crippen LogP contribution in [-0.4, -0.2) is 50.5 Å². The third-order valence-corrected chi connectivity index (χ3v) is 5.32. The number of benzene rings is 1. The predicted octanol–water partition coefficient (Wildman–Crippen LogP) is 1.12. The second-order valence-corrected chi connectivity index (χ2v) is 7.60. The van der Waals surface area contributed by atoms with Gasteiger partial charge in [0.1, 0.15) is 10.6 Å². The Bertz CT molecular complexity index is 1140. The number of carbonyl (C=O) groups excluding carboxylic acids is 2. The lowest BCUT2D eigenvalue weighted by atomic mass is 10.2. The molecule has 2 aromatic heterocycles. The van der Waals surface area contributed by atoms with Crippen molar-refractivity contribution in [2.75, 3.05) is 20.3 Å². The topological polar surface area (TPSA) is 127 Å². The average Bonchev–Trinajstić information content (AvgIpc) is 2.73. The molecule has 0 aliphatic heterocycles. The average molecular weight is 414 g/mol. The first-order chi connectivity index (χ1) is 13.9. The molecule has 0 aliphatic rings. The highest BCUT2D eigenvalue weighted by atomic mass is 32.2. The number of nitrogens with one attached hydrogen (secondary N) is 2. The molecule has 0 radical (unpaired) electrons. The molecule has 0 saturated heterocycles. The van der Waals surface area contributed by atoms with E-state index < -0.39 is 21.8 Å². The molecular weight excluding hydrogens is 396 g/mol. The lowest BCUT2D eigenvalue weighted by Crippen LogP contribution is -2.31. The number of hydrogen-bond donors (Lipinski definition) is 2. The Morgan fingerprint density at radius 2 is 1.83 bits per heavy atom. The van der Waals surface area contributed by atoms with E-state index in [1.807, 2.05) is 4.72 Å². The normalized spacial score (nSPS) is 11.2. The van der Waals surface area contributed by atoms with Gasteiger partial charge in [-0.15, -0.1) is 0 Å². The summed E-state index contributed by atoms with van der Waals surface area (Å²) >= 11 is 0. The Labute approximate surface area is 167 Å². The number of methoxy groups -OCH3 is 1. The van der Waals surface area contributed by atoms with Gasteiger partial charge in [-0.3, -0.25) is 19.6 Å². The molecular formula is C19H18N4O5S. The summed E-state index contributed by atoms with van der Waals surface area (Å²) in [4.78, 5) is 32.2. The fraction of sp³-hybridized carbons (Fsp3) is 0.158. The van der Waals surface area contributed by atoms with Crippen molar-refractivity contribution in [1.29, 1.82) is 0 Å². The lowest BCUT2D eigenvalue weighted by molar-refractivity contribution is 0.0929. The van der Waals surface area contributed by atoms with Crippen LogP contribution in [0.2, 0.25) is 0 Å². The molecule has 0 bridgehead atoms. The molecule has 0 spiro atoms. The van der Waals surface area contributed by atoms with Crippen LogP contribution in [0, 0.1) is 0 Å². The van der Waals surface area contributed by atoms with Crippen LogP contribution in [-0.2, 0) is 14.8 Å². The Hall–Kier alpha value is -3.37. The highest BCUT2D eigenvalue weighted by Crippen LogP contribution is 2.20. The second-order valence-electron chi connectivity index (χ2n) is 5.95. The molecule has 10 heteroatoms. The summed E-state index contributed by atoms with van der Waals surface area (Å²) in [6, 6.07) is 10.7. The van der Waals surface area contributed by atoms with Crippen molar-refractivity contribution in [2.45, 2.75) is 4.90 Å². The zero-order valence-electron chi connectivity index (χ0n) is 15.5. The molecule has 29 heavy (non-hydrogen) atoms. The third kappa shape index (κ3) is 4.73. The van der Waals surface area contributed by atoms with Gasteiger partial charge < -0.3 is 10.1 Å². The third-order valence-electron chi connectivity index (χ3n) is 3.96. The van der Waals surface area contributed by atoms with E-state index in [2.05, 4.69) is 15.3 Å². The Kier molecular flexibility index (Phi) is 6.15. The van der Waals surface area contributed by atoms with Gasteiger partial charge in [0, 0.05) is 31.4 Å². The standard InChI is InChI=1S/C19H18N4O5S/c1-28-11-10-21-19(25)15-8-7-14(12-22-15)18(24)23-29(26,27)16-6-2-4-13-5-3-9-20-17(13)16/h2-9,12H,10-11H2,1H3,(H,21,25)(H,23,24). The molecule has 2 N–H and O–H groups in total. The minimum absolute atomic E-state index is 0.00443. The summed E-state index contributed by atoms with van der Waals surface area (Å²) in [7, 11) is -2.64. The highest BCUT2D eigenvalue weighted by Gasteiger charge is 2.22. The van der Waals surface area contributed by atoms with Crippen LogP contribution < -0.4 is 10.0 Å². The van der Waals surface area contributed by atoms with Crippen LogP contribution >= 0.6 is 0 Å². The van der Waals surface area contributed by atoms with Gasteiger partial charge in [0.05, 0.1) is 17.7 Å². The molecule has 150 valence electrons. The van der Waals surface area contributed by atoms with Crippen molar-refractivity contribution in [3.63, 3.8) is 0 Å². The van der Waals surface area contributed by atoms with E-state index in [1.54, 1.807) is 24.3 Å². The maximum atomic E-state index is 12.7. The van der Waals surface area contributed by atoms with E-state index in [-0.39, 0.29) is 21.7 Å². The quantitative estimate of drug-likeness (QED) is 0.555. The number of fused-ring (bicyclic) bond motifs is 1. The zero-order valence-corrected chi connectivity index (χ0v) is 16.3. The largest absolute Gasteiger partial charge is 0.383 e. The summed E-state index contributed by atoms with van der Waals surface area (Å²) in [6.45, 7) is 0.670. The Morgan fingerprint density at radius 3 is 2.55 bits per heavy atom. The number of rotatable bonds is 7. The van der Waals surface area contributed by atoms with E-state index in [4.69, 9.17) is 4.74 Å². The number of para-hydroxylation sites is 1. The molecule has 0 atom stereocenters. The number of pyridine rings is 2. The first-order valence-corrected chi connectivity index (χ1v) is 10.0. The number of amides is 2. The van der Waals surface area contributed by atoms with Crippen molar-refractivity contribution < 1.29 is 22.7 Å². The van der Waals surface area contributed by atoms with Crippen molar-refractivity contribution in [2.24, 2.45) is 0 Å². The van der Waals surface area contributed by atoms with Crippen molar-refractivity contribution in [3.8, 4) is 0 Å². The van der Waals surface area contributed by atoms with Crippen molar-refractivity contribution in [1.82, 2.24) is 20.0 Å². The molecule has 0 unspecified atom stereocenters. The first-order valence-electron chi connectivity index (χ1n) is 8.56. The molecule has 3 rings (SSSR count). The van der Waals surface area contributed by atoms with Gasteiger partial charge in [-0.25, -0.2) is 13.1 Å². The molecule has 1 aromatic carbocycles. The molecule has 0 aliphatic carbocycles. The summed E-state index contributed by atoms with van der Waals surface area (Å²) in [5.41, 5.74) is 0.352. The number of hydrogen-bond acceptors (Lipinski definition) is 7. The van der Waals surface area contributed by atoms with Gasteiger partial charge in [0.15, 0.2) is 0 Å². The number of aromatic nitrogens is 2.